The number of para-hydroxylation sites is 1. The van der Waals surface area contributed by atoms with E-state index in [-0.39, 0.29) is 0 Å². The molecule has 0 aliphatic rings. The van der Waals surface area contributed by atoms with Crippen molar-refractivity contribution in [3.8, 4) is 11.4 Å². The summed E-state index contributed by atoms with van der Waals surface area (Å²) in [5.41, 5.74) is 6.86. The number of hydrogen-bond donors (Lipinski definition) is 1. The summed E-state index contributed by atoms with van der Waals surface area (Å²) in [6.45, 7) is 4.67. The molecule has 0 aliphatic carbocycles. The van der Waals surface area contributed by atoms with Gasteiger partial charge in [0.1, 0.15) is 25.0 Å². The lowest BCUT2D eigenvalue weighted by Gasteiger charge is -2.12. The summed E-state index contributed by atoms with van der Waals surface area (Å²) < 4.78 is 7.94. The highest BCUT2D eigenvalue weighted by Gasteiger charge is 2.12. The maximum absolute atomic E-state index is 5.99. The molecule has 3 aromatic carbocycles. The van der Waals surface area contributed by atoms with Crippen LogP contribution in [0.25, 0.3) is 16.9 Å². The Morgan fingerprint density at radius 2 is 1.75 bits per heavy atom. The zero-order valence-corrected chi connectivity index (χ0v) is 18.0. The lowest BCUT2D eigenvalue weighted by molar-refractivity contribution is 0.306. The first-order chi connectivity index (χ1) is 15.7. The van der Waals surface area contributed by atoms with Crippen LogP contribution in [0.1, 0.15) is 16.7 Å². The summed E-state index contributed by atoms with van der Waals surface area (Å²) in [7, 11) is 0. The molecular weight excluding hydrogens is 398 g/mol. The monoisotopic (exact) mass is 421 g/mol. The van der Waals surface area contributed by atoms with Crippen molar-refractivity contribution in [2.45, 2.75) is 20.5 Å². The fourth-order valence-electron chi connectivity index (χ4n) is 3.67. The molecule has 0 aliphatic heterocycles. The second-order valence-electron chi connectivity index (χ2n) is 7.72. The minimum absolute atomic E-state index is 0.539. The maximum Gasteiger partial charge on any atom is 0.170 e. The van der Waals surface area contributed by atoms with Crippen molar-refractivity contribution in [3.05, 3.63) is 102 Å². The highest BCUT2D eigenvalue weighted by Crippen LogP contribution is 2.28. The number of fused-ring (bicyclic) bond motifs is 1. The van der Waals surface area contributed by atoms with Gasteiger partial charge in [0.2, 0.25) is 0 Å². The summed E-state index contributed by atoms with van der Waals surface area (Å²) in [4.78, 5) is 13.4. The maximum atomic E-state index is 5.99. The molecule has 2 heterocycles. The summed E-state index contributed by atoms with van der Waals surface area (Å²) in [6.07, 6.45) is 3.33. The van der Waals surface area contributed by atoms with Gasteiger partial charge in [0, 0.05) is 11.4 Å². The van der Waals surface area contributed by atoms with Crippen LogP contribution in [0, 0.1) is 13.8 Å². The third-order valence-electron chi connectivity index (χ3n) is 5.31. The number of rotatable bonds is 6. The average molecular weight is 422 g/mol. The van der Waals surface area contributed by atoms with E-state index in [9.17, 15) is 0 Å². The molecule has 0 atom stereocenters. The van der Waals surface area contributed by atoms with E-state index in [1.807, 2.05) is 66.1 Å². The zero-order valence-electron chi connectivity index (χ0n) is 18.0. The molecule has 2 aromatic heterocycles. The zero-order chi connectivity index (χ0) is 21.9. The van der Waals surface area contributed by atoms with Gasteiger partial charge in [0.25, 0.3) is 0 Å². The third-order valence-corrected chi connectivity index (χ3v) is 5.31. The fraction of sp³-hybridized carbons (Fsp3) is 0.115. The fourth-order valence-corrected chi connectivity index (χ4v) is 3.67. The number of hydrogen-bond acceptors (Lipinski definition) is 5. The van der Waals surface area contributed by atoms with Gasteiger partial charge in [-0.15, -0.1) is 0 Å². The Morgan fingerprint density at radius 1 is 0.875 bits per heavy atom. The second kappa shape index (κ2) is 8.51. The molecule has 0 amide bonds. The molecule has 0 saturated heterocycles. The lowest BCUT2D eigenvalue weighted by Crippen LogP contribution is -2.00. The van der Waals surface area contributed by atoms with Crippen molar-refractivity contribution in [1.82, 2.24) is 19.5 Å². The van der Waals surface area contributed by atoms with Crippen LogP contribution in [0.3, 0.4) is 0 Å². The first-order valence-corrected chi connectivity index (χ1v) is 10.5. The Bertz CT molecular complexity index is 1380. The van der Waals surface area contributed by atoms with E-state index in [1.54, 1.807) is 12.7 Å². The average Bonchev–Trinajstić information content (AvgIpc) is 3.25. The highest BCUT2D eigenvalue weighted by molar-refractivity contribution is 5.86. The number of aryl methyl sites for hydroxylation is 2. The van der Waals surface area contributed by atoms with Crippen molar-refractivity contribution >= 4 is 22.7 Å². The van der Waals surface area contributed by atoms with Crippen LogP contribution >= 0.6 is 0 Å². The Labute approximate surface area is 186 Å². The molecule has 5 aromatic rings. The SMILES string of the molecule is Cc1cccc(COc2ccc(Nc3ncnc4c3ncn4-c3ccccc3)c(C)c2)c1. The van der Waals surface area contributed by atoms with Gasteiger partial charge in [-0.1, -0.05) is 48.0 Å². The van der Waals surface area contributed by atoms with Gasteiger partial charge in [-0.05, 0) is 55.3 Å². The number of imidazole rings is 1. The largest absolute Gasteiger partial charge is 0.489 e. The van der Waals surface area contributed by atoms with Crippen LogP contribution in [-0.4, -0.2) is 19.5 Å². The molecule has 0 spiro atoms. The second-order valence-corrected chi connectivity index (χ2v) is 7.72. The molecule has 0 saturated carbocycles. The Kier molecular flexibility index (Phi) is 5.25. The summed E-state index contributed by atoms with van der Waals surface area (Å²) in [6, 6.07) is 24.4. The van der Waals surface area contributed by atoms with Crippen LogP contribution in [0.2, 0.25) is 0 Å². The molecule has 6 nitrogen and oxygen atoms in total. The first kappa shape index (κ1) is 19.8. The highest BCUT2D eigenvalue weighted by atomic mass is 16.5. The summed E-state index contributed by atoms with van der Waals surface area (Å²) >= 11 is 0. The molecule has 0 unspecified atom stereocenters. The van der Waals surface area contributed by atoms with E-state index in [4.69, 9.17) is 4.74 Å². The molecule has 158 valence electrons. The third kappa shape index (κ3) is 4.03. The number of ether oxygens (including phenoxy) is 1. The van der Waals surface area contributed by atoms with E-state index in [0.717, 1.165) is 39.4 Å². The predicted octanol–water partition coefficient (Wildman–Crippen LogP) is 5.75. The minimum atomic E-state index is 0.539. The van der Waals surface area contributed by atoms with Gasteiger partial charge in [0.15, 0.2) is 17.0 Å². The van der Waals surface area contributed by atoms with Crippen LogP contribution in [0.5, 0.6) is 5.75 Å². The Hall–Kier alpha value is -4.19. The number of aromatic nitrogens is 4. The normalized spacial score (nSPS) is 10.9. The molecule has 0 fully saturated rings. The van der Waals surface area contributed by atoms with E-state index < -0.39 is 0 Å². The standard InChI is InChI=1S/C26H23N5O/c1-18-7-6-8-20(13-18)15-32-22-11-12-23(19(2)14-22)30-25-24-26(28-16-27-25)31(17-29-24)21-9-4-3-5-10-21/h3-14,16-17H,15H2,1-2H3,(H,27,28,30). The quantitative estimate of drug-likeness (QED) is 0.378. The number of benzene rings is 3. The van der Waals surface area contributed by atoms with Gasteiger partial charge in [-0.2, -0.15) is 0 Å². The molecule has 32 heavy (non-hydrogen) atoms. The van der Waals surface area contributed by atoms with Gasteiger partial charge in [-0.3, -0.25) is 4.57 Å². The van der Waals surface area contributed by atoms with Crippen molar-refractivity contribution in [2.24, 2.45) is 0 Å². The predicted molar refractivity (Wildman–Crippen MR) is 127 cm³/mol. The topological polar surface area (TPSA) is 64.9 Å². The number of anilines is 2. The molecular formula is C26H23N5O. The van der Waals surface area contributed by atoms with Crippen LogP contribution in [-0.2, 0) is 6.61 Å². The van der Waals surface area contributed by atoms with Crippen molar-refractivity contribution in [1.29, 1.82) is 0 Å². The molecule has 0 radical (unpaired) electrons. The Balaban J connectivity index is 1.36. The molecule has 6 heteroatoms. The van der Waals surface area contributed by atoms with E-state index >= 15 is 0 Å². The molecule has 1 N–H and O–H groups in total. The van der Waals surface area contributed by atoms with Crippen molar-refractivity contribution < 1.29 is 4.74 Å². The smallest absolute Gasteiger partial charge is 0.170 e. The number of nitrogens with zero attached hydrogens (tertiary/aromatic N) is 4. The molecule has 5 rings (SSSR count). The van der Waals surface area contributed by atoms with Gasteiger partial charge < -0.3 is 10.1 Å². The van der Waals surface area contributed by atoms with Crippen LogP contribution in [0.15, 0.2) is 85.5 Å². The van der Waals surface area contributed by atoms with Gasteiger partial charge >= 0.3 is 0 Å². The lowest BCUT2D eigenvalue weighted by atomic mass is 10.1. The van der Waals surface area contributed by atoms with E-state index in [0.29, 0.717) is 12.4 Å². The Morgan fingerprint density at radius 3 is 2.56 bits per heavy atom. The van der Waals surface area contributed by atoms with Crippen LogP contribution < -0.4 is 10.1 Å². The van der Waals surface area contributed by atoms with E-state index in [1.165, 1.54) is 5.56 Å². The number of nitrogens with one attached hydrogen (secondary N) is 1. The minimum Gasteiger partial charge on any atom is -0.489 e. The summed E-state index contributed by atoms with van der Waals surface area (Å²) in [5, 5.41) is 3.41. The van der Waals surface area contributed by atoms with Crippen molar-refractivity contribution in [2.75, 3.05) is 5.32 Å². The van der Waals surface area contributed by atoms with Crippen molar-refractivity contribution in [3.63, 3.8) is 0 Å². The van der Waals surface area contributed by atoms with Gasteiger partial charge in [-0.25, -0.2) is 15.0 Å². The van der Waals surface area contributed by atoms with E-state index in [2.05, 4.69) is 45.4 Å². The first-order valence-electron chi connectivity index (χ1n) is 10.5. The van der Waals surface area contributed by atoms with Gasteiger partial charge in [0.05, 0.1) is 0 Å². The summed E-state index contributed by atoms with van der Waals surface area (Å²) in [5.74, 6) is 1.50. The molecule has 0 bridgehead atoms. The van der Waals surface area contributed by atoms with Crippen LogP contribution in [0.4, 0.5) is 11.5 Å².